The van der Waals surface area contributed by atoms with Crippen LogP contribution in [0.5, 0.6) is 0 Å². The third-order valence-electron chi connectivity index (χ3n) is 1.62. The molecule has 0 amide bonds. The van der Waals surface area contributed by atoms with Crippen LogP contribution < -0.4 is 0 Å². The average molecular weight is 263 g/mol. The van der Waals surface area contributed by atoms with E-state index in [0.29, 0.717) is 16.7 Å². The molecule has 2 heterocycles. The summed E-state index contributed by atoms with van der Waals surface area (Å²) < 4.78 is 15.4. The topological polar surface area (TPSA) is 69.5 Å². The van der Waals surface area contributed by atoms with E-state index in [1.54, 1.807) is 13.8 Å². The molecular formula is C7H8N2O4Se. The first-order chi connectivity index (χ1) is 6.74. The Bertz CT molecular complexity index is 385. The van der Waals surface area contributed by atoms with E-state index in [0.717, 1.165) is 0 Å². The first-order valence-corrected chi connectivity index (χ1v) is 6.26. The van der Waals surface area contributed by atoms with Crippen LogP contribution in [0.4, 0.5) is 0 Å². The Balaban J connectivity index is 2.23. The number of carbonyl (C=O) groups excluding carboxylic acids is 1. The van der Waals surface area contributed by atoms with Gasteiger partial charge >= 0.3 is 84.1 Å². The molecular weight excluding hydrogens is 255 g/mol. The van der Waals surface area contributed by atoms with Crippen molar-refractivity contribution in [3.8, 4) is 0 Å². The molecule has 0 bridgehead atoms. The molecule has 0 fully saturated rings. The van der Waals surface area contributed by atoms with E-state index in [-0.39, 0.29) is 5.71 Å². The molecule has 7 heteroatoms. The molecule has 0 aromatic heterocycles. The Labute approximate surface area is 84.6 Å². The second kappa shape index (κ2) is 3.51. The van der Waals surface area contributed by atoms with Crippen molar-refractivity contribution in [1.82, 2.24) is 0 Å². The summed E-state index contributed by atoms with van der Waals surface area (Å²) in [5.74, 6) is -0.478. The second-order valence-electron chi connectivity index (χ2n) is 2.55. The number of rotatable bonds is 2. The summed E-state index contributed by atoms with van der Waals surface area (Å²) in [6, 6.07) is 0. The Kier molecular flexibility index (Phi) is 2.35. The number of hydrogen-bond acceptors (Lipinski definition) is 6. The van der Waals surface area contributed by atoms with Crippen LogP contribution in [0, 0.1) is 0 Å². The van der Waals surface area contributed by atoms with Crippen molar-refractivity contribution in [2.24, 2.45) is 10.3 Å². The van der Waals surface area contributed by atoms with Gasteiger partial charge in [-0.25, -0.2) is 0 Å². The normalized spacial score (nSPS) is 23.3. The minimum atomic E-state index is -1.90. The number of nitrogens with zero attached hydrogens (tertiary/aromatic N) is 2. The number of carbonyl (C=O) groups is 1. The molecule has 6 nitrogen and oxygen atoms in total. The molecule has 0 N–H and O–H groups in total. The zero-order chi connectivity index (χ0) is 10.1. The van der Waals surface area contributed by atoms with Crippen LogP contribution in [0.3, 0.4) is 0 Å². The van der Waals surface area contributed by atoms with E-state index in [1.165, 1.54) is 0 Å². The van der Waals surface area contributed by atoms with Crippen LogP contribution in [0.25, 0.3) is 0 Å². The molecule has 1 atom stereocenters. The Morgan fingerprint density at radius 2 is 2.21 bits per heavy atom. The fraction of sp³-hybridized carbons (Fsp3) is 0.429. The van der Waals surface area contributed by atoms with Crippen LogP contribution in [0.15, 0.2) is 10.3 Å². The van der Waals surface area contributed by atoms with E-state index < -0.39 is 20.1 Å². The van der Waals surface area contributed by atoms with Crippen molar-refractivity contribution in [2.45, 2.75) is 13.8 Å². The van der Waals surface area contributed by atoms with E-state index in [4.69, 9.17) is 12.6 Å². The monoisotopic (exact) mass is 264 g/mol. The van der Waals surface area contributed by atoms with Gasteiger partial charge in [0.05, 0.1) is 0 Å². The molecule has 0 spiro atoms. The van der Waals surface area contributed by atoms with Gasteiger partial charge in [0.25, 0.3) is 0 Å². The molecule has 0 aromatic carbocycles. The Hall–Kier alpha value is -1.20. The summed E-state index contributed by atoms with van der Waals surface area (Å²) >= 11 is -1.90. The fourth-order valence-electron chi connectivity index (χ4n) is 1.03. The van der Waals surface area contributed by atoms with E-state index in [2.05, 4.69) is 10.3 Å². The van der Waals surface area contributed by atoms with E-state index in [9.17, 15) is 4.79 Å². The van der Waals surface area contributed by atoms with Crippen LogP contribution >= 0.6 is 0 Å². The molecule has 2 aliphatic heterocycles. The molecule has 0 radical (unpaired) electrons. The predicted octanol–water partition coefficient (Wildman–Crippen LogP) is -0.416. The second-order valence-corrected chi connectivity index (χ2v) is 5.02. The summed E-state index contributed by atoms with van der Waals surface area (Å²) in [6.45, 7) is 3.80. The number of oxime groups is 2. The van der Waals surface area contributed by atoms with Gasteiger partial charge in [0.1, 0.15) is 0 Å². The van der Waals surface area contributed by atoms with Gasteiger partial charge in [-0.1, -0.05) is 0 Å². The summed E-state index contributed by atoms with van der Waals surface area (Å²) in [6.07, 6.45) is 0. The first kappa shape index (κ1) is 9.36. The van der Waals surface area contributed by atoms with Crippen molar-refractivity contribution in [2.75, 3.05) is 6.61 Å². The van der Waals surface area contributed by atoms with Crippen molar-refractivity contribution in [3.63, 3.8) is 0 Å². The summed E-state index contributed by atoms with van der Waals surface area (Å²) in [7, 11) is 0. The number of hydrogen-bond donors (Lipinski definition) is 0. The zero-order valence-corrected chi connectivity index (χ0v) is 9.36. The van der Waals surface area contributed by atoms with Crippen LogP contribution in [0.2, 0.25) is 0 Å². The molecule has 76 valence electrons. The Morgan fingerprint density at radius 1 is 1.50 bits per heavy atom. The zero-order valence-electron chi connectivity index (χ0n) is 7.64. The first-order valence-electron chi connectivity index (χ1n) is 4.00. The van der Waals surface area contributed by atoms with Crippen molar-refractivity contribution in [1.29, 1.82) is 0 Å². The molecule has 1 unspecified atom stereocenters. The molecule has 2 rings (SSSR count). The molecule has 0 saturated heterocycles. The van der Waals surface area contributed by atoms with Gasteiger partial charge in [0, 0.05) is 0 Å². The SMILES string of the molecule is CCOC(=O)C1=NO[Se]2=C1C(C)=NO2. The van der Waals surface area contributed by atoms with Crippen LogP contribution in [0.1, 0.15) is 13.8 Å². The Morgan fingerprint density at radius 3 is 2.93 bits per heavy atom. The van der Waals surface area contributed by atoms with E-state index in [1.807, 2.05) is 0 Å². The van der Waals surface area contributed by atoms with E-state index >= 15 is 0 Å². The fourth-order valence-corrected chi connectivity index (χ4v) is 3.25. The summed E-state index contributed by atoms with van der Waals surface area (Å²) in [5.41, 5.74) is 0.856. The van der Waals surface area contributed by atoms with Crippen LogP contribution in [-0.2, 0) is 17.4 Å². The quantitative estimate of drug-likeness (QED) is 0.501. The summed E-state index contributed by atoms with van der Waals surface area (Å²) in [4.78, 5) is 11.4. The maximum atomic E-state index is 11.4. The summed E-state index contributed by atoms with van der Waals surface area (Å²) in [5, 5.41) is 7.38. The van der Waals surface area contributed by atoms with Gasteiger partial charge in [-0.2, -0.15) is 0 Å². The van der Waals surface area contributed by atoms with Crippen molar-refractivity contribution >= 4 is 35.9 Å². The maximum absolute atomic E-state index is 11.4. The van der Waals surface area contributed by atoms with Gasteiger partial charge in [0.15, 0.2) is 0 Å². The number of ether oxygens (including phenoxy) is 1. The molecule has 0 aromatic rings. The van der Waals surface area contributed by atoms with Gasteiger partial charge in [-0.3, -0.25) is 0 Å². The molecule has 14 heavy (non-hydrogen) atoms. The average Bonchev–Trinajstić information content (AvgIpc) is 2.70. The predicted molar refractivity (Wildman–Crippen MR) is 50.1 cm³/mol. The number of esters is 1. The standard InChI is InChI=1S/C7H8N2O4Se/c1-3-11-7(10)5-6-4(2)8-12-14(6)13-9-5/h3H2,1-2H3. The van der Waals surface area contributed by atoms with Gasteiger partial charge in [0.2, 0.25) is 0 Å². The van der Waals surface area contributed by atoms with Crippen molar-refractivity contribution in [3.05, 3.63) is 0 Å². The van der Waals surface area contributed by atoms with Crippen molar-refractivity contribution < 1.29 is 17.4 Å². The minimum absolute atomic E-state index is 0.204. The third kappa shape index (κ3) is 1.34. The third-order valence-corrected chi connectivity index (χ3v) is 4.22. The van der Waals surface area contributed by atoms with Gasteiger partial charge < -0.3 is 0 Å². The molecule has 2 aliphatic rings. The molecule has 0 aliphatic carbocycles. The van der Waals surface area contributed by atoms with Gasteiger partial charge in [-0.05, 0) is 0 Å². The van der Waals surface area contributed by atoms with Crippen LogP contribution in [-0.4, -0.2) is 42.5 Å². The molecule has 0 saturated carbocycles. The van der Waals surface area contributed by atoms with Gasteiger partial charge in [-0.15, -0.1) is 0 Å².